The standard InChI is InChI=1S/C10H17NOS/c1-8(12-3)6-11-7-10-5-4-9(2)13-10/h4-5,8,11H,6-7H2,1-3H3. The van der Waals surface area contributed by atoms with Gasteiger partial charge in [-0.1, -0.05) is 0 Å². The molecule has 1 unspecified atom stereocenters. The Balaban J connectivity index is 2.20. The van der Waals surface area contributed by atoms with Crippen molar-refractivity contribution < 1.29 is 4.74 Å². The SMILES string of the molecule is COC(C)CNCc1ccc(C)s1. The van der Waals surface area contributed by atoms with Crippen LogP contribution in [-0.2, 0) is 11.3 Å². The number of methoxy groups -OCH3 is 1. The minimum absolute atomic E-state index is 0.293. The summed E-state index contributed by atoms with van der Waals surface area (Å²) in [4.78, 5) is 2.76. The van der Waals surface area contributed by atoms with Gasteiger partial charge in [-0.15, -0.1) is 11.3 Å². The van der Waals surface area contributed by atoms with Crippen LogP contribution < -0.4 is 5.32 Å². The number of hydrogen-bond donors (Lipinski definition) is 1. The van der Waals surface area contributed by atoms with E-state index in [1.54, 1.807) is 7.11 Å². The van der Waals surface area contributed by atoms with Crippen molar-refractivity contribution in [3.8, 4) is 0 Å². The van der Waals surface area contributed by atoms with Gasteiger partial charge in [-0.2, -0.15) is 0 Å². The van der Waals surface area contributed by atoms with Crippen LogP contribution in [0.15, 0.2) is 12.1 Å². The Morgan fingerprint density at radius 2 is 2.31 bits per heavy atom. The maximum Gasteiger partial charge on any atom is 0.0667 e. The van der Waals surface area contributed by atoms with Crippen molar-refractivity contribution in [2.45, 2.75) is 26.5 Å². The quantitative estimate of drug-likeness (QED) is 0.785. The average molecular weight is 199 g/mol. The van der Waals surface area contributed by atoms with Crippen LogP contribution in [0.2, 0.25) is 0 Å². The molecule has 0 radical (unpaired) electrons. The second kappa shape index (κ2) is 5.37. The Bertz CT molecular complexity index is 247. The molecule has 0 aliphatic carbocycles. The molecule has 13 heavy (non-hydrogen) atoms. The largest absolute Gasteiger partial charge is 0.380 e. The van der Waals surface area contributed by atoms with Crippen LogP contribution in [0.5, 0.6) is 0 Å². The molecule has 0 saturated heterocycles. The molecule has 0 fully saturated rings. The number of hydrogen-bond acceptors (Lipinski definition) is 3. The maximum absolute atomic E-state index is 5.13. The fourth-order valence-electron chi connectivity index (χ4n) is 1.06. The first-order valence-electron chi connectivity index (χ1n) is 4.51. The summed E-state index contributed by atoms with van der Waals surface area (Å²) in [5, 5.41) is 3.35. The molecular formula is C10H17NOS. The van der Waals surface area contributed by atoms with Crippen LogP contribution in [0.1, 0.15) is 16.7 Å². The fourth-order valence-corrected chi connectivity index (χ4v) is 1.92. The zero-order chi connectivity index (χ0) is 9.68. The van der Waals surface area contributed by atoms with E-state index in [9.17, 15) is 0 Å². The van der Waals surface area contributed by atoms with Crippen LogP contribution in [0, 0.1) is 6.92 Å². The highest BCUT2D eigenvalue weighted by molar-refractivity contribution is 7.11. The predicted octanol–water partition coefficient (Wildman–Crippen LogP) is 2.18. The molecule has 74 valence electrons. The maximum atomic E-state index is 5.13. The molecule has 0 aliphatic heterocycles. The highest BCUT2D eigenvalue weighted by Gasteiger charge is 1.99. The molecular weight excluding hydrogens is 182 g/mol. The summed E-state index contributed by atoms with van der Waals surface area (Å²) in [5.41, 5.74) is 0. The molecule has 3 heteroatoms. The van der Waals surface area contributed by atoms with Gasteiger partial charge in [0.1, 0.15) is 0 Å². The van der Waals surface area contributed by atoms with Crippen LogP contribution in [0.3, 0.4) is 0 Å². The third kappa shape index (κ3) is 3.89. The first-order chi connectivity index (χ1) is 6.22. The first-order valence-corrected chi connectivity index (χ1v) is 5.33. The number of aryl methyl sites for hydroxylation is 1. The topological polar surface area (TPSA) is 21.3 Å². The zero-order valence-electron chi connectivity index (χ0n) is 8.46. The monoisotopic (exact) mass is 199 g/mol. The van der Waals surface area contributed by atoms with E-state index < -0.39 is 0 Å². The first kappa shape index (κ1) is 10.7. The molecule has 1 N–H and O–H groups in total. The Morgan fingerprint density at radius 3 is 2.85 bits per heavy atom. The van der Waals surface area contributed by atoms with Crippen molar-refractivity contribution in [1.29, 1.82) is 0 Å². The average Bonchev–Trinajstić information content (AvgIpc) is 2.51. The summed E-state index contributed by atoms with van der Waals surface area (Å²) in [6.07, 6.45) is 0.293. The summed E-state index contributed by atoms with van der Waals surface area (Å²) < 4.78 is 5.13. The minimum atomic E-state index is 0.293. The Labute approximate surface area is 83.9 Å². The van der Waals surface area contributed by atoms with E-state index in [2.05, 4.69) is 31.3 Å². The molecule has 0 saturated carbocycles. The van der Waals surface area contributed by atoms with Gasteiger partial charge in [0.05, 0.1) is 6.10 Å². The van der Waals surface area contributed by atoms with Crippen molar-refractivity contribution in [2.75, 3.05) is 13.7 Å². The highest BCUT2D eigenvalue weighted by atomic mass is 32.1. The molecule has 2 nitrogen and oxygen atoms in total. The van der Waals surface area contributed by atoms with Crippen LogP contribution in [-0.4, -0.2) is 19.8 Å². The number of nitrogens with one attached hydrogen (secondary N) is 1. The van der Waals surface area contributed by atoms with Gasteiger partial charge in [-0.25, -0.2) is 0 Å². The number of rotatable bonds is 5. The second-order valence-electron chi connectivity index (χ2n) is 3.19. The van der Waals surface area contributed by atoms with Gasteiger partial charge in [-0.05, 0) is 26.0 Å². The van der Waals surface area contributed by atoms with Gasteiger partial charge in [0.2, 0.25) is 0 Å². The van der Waals surface area contributed by atoms with E-state index in [0.29, 0.717) is 6.10 Å². The van der Waals surface area contributed by atoms with Crippen LogP contribution >= 0.6 is 11.3 Å². The van der Waals surface area contributed by atoms with E-state index in [1.165, 1.54) is 9.75 Å². The lowest BCUT2D eigenvalue weighted by atomic mass is 10.4. The van der Waals surface area contributed by atoms with Crippen molar-refractivity contribution >= 4 is 11.3 Å². The van der Waals surface area contributed by atoms with Gasteiger partial charge in [0.25, 0.3) is 0 Å². The smallest absolute Gasteiger partial charge is 0.0667 e. The Kier molecular flexibility index (Phi) is 4.42. The molecule has 0 bridgehead atoms. The summed E-state index contributed by atoms with van der Waals surface area (Å²) in [5.74, 6) is 0. The normalized spacial score (nSPS) is 13.2. The minimum Gasteiger partial charge on any atom is -0.380 e. The molecule has 1 rings (SSSR count). The van der Waals surface area contributed by atoms with Crippen molar-refractivity contribution in [2.24, 2.45) is 0 Å². The summed E-state index contributed by atoms with van der Waals surface area (Å²) in [6.45, 7) is 6.05. The van der Waals surface area contributed by atoms with Gasteiger partial charge < -0.3 is 10.1 Å². The Hall–Kier alpha value is -0.380. The molecule has 0 aliphatic rings. The van der Waals surface area contributed by atoms with Gasteiger partial charge in [0.15, 0.2) is 0 Å². The molecule has 1 aromatic heterocycles. The van der Waals surface area contributed by atoms with Gasteiger partial charge >= 0.3 is 0 Å². The predicted molar refractivity (Wildman–Crippen MR) is 57.2 cm³/mol. The third-order valence-electron chi connectivity index (χ3n) is 1.93. The summed E-state index contributed by atoms with van der Waals surface area (Å²) in [7, 11) is 1.74. The lowest BCUT2D eigenvalue weighted by Gasteiger charge is -2.09. The Morgan fingerprint density at radius 1 is 1.54 bits per heavy atom. The van der Waals surface area contributed by atoms with E-state index in [4.69, 9.17) is 4.74 Å². The van der Waals surface area contributed by atoms with E-state index >= 15 is 0 Å². The summed E-state index contributed by atoms with van der Waals surface area (Å²) in [6, 6.07) is 4.33. The van der Waals surface area contributed by atoms with E-state index in [0.717, 1.165) is 13.1 Å². The van der Waals surface area contributed by atoms with Crippen LogP contribution in [0.4, 0.5) is 0 Å². The number of ether oxygens (including phenoxy) is 1. The molecule has 0 amide bonds. The van der Waals surface area contributed by atoms with Gasteiger partial charge in [-0.3, -0.25) is 0 Å². The van der Waals surface area contributed by atoms with Crippen LogP contribution in [0.25, 0.3) is 0 Å². The zero-order valence-corrected chi connectivity index (χ0v) is 9.28. The van der Waals surface area contributed by atoms with Crippen molar-refractivity contribution in [3.63, 3.8) is 0 Å². The number of thiophene rings is 1. The molecule has 1 aromatic rings. The van der Waals surface area contributed by atoms with Crippen molar-refractivity contribution in [1.82, 2.24) is 5.32 Å². The third-order valence-corrected chi connectivity index (χ3v) is 2.93. The molecule has 1 heterocycles. The molecule has 1 atom stereocenters. The van der Waals surface area contributed by atoms with E-state index in [-0.39, 0.29) is 0 Å². The fraction of sp³-hybridized carbons (Fsp3) is 0.600. The van der Waals surface area contributed by atoms with Crippen molar-refractivity contribution in [3.05, 3.63) is 21.9 Å². The second-order valence-corrected chi connectivity index (χ2v) is 4.56. The molecule has 0 aromatic carbocycles. The van der Waals surface area contributed by atoms with Gasteiger partial charge in [0, 0.05) is 30.0 Å². The highest BCUT2D eigenvalue weighted by Crippen LogP contribution is 2.14. The lowest BCUT2D eigenvalue weighted by Crippen LogP contribution is -2.25. The molecule has 0 spiro atoms. The lowest BCUT2D eigenvalue weighted by molar-refractivity contribution is 0.117. The van der Waals surface area contributed by atoms with E-state index in [1.807, 2.05) is 11.3 Å². The summed E-state index contributed by atoms with van der Waals surface area (Å²) >= 11 is 1.84.